The third kappa shape index (κ3) is 5.10. The van der Waals surface area contributed by atoms with Crippen LogP contribution in [0.5, 0.6) is 0 Å². The van der Waals surface area contributed by atoms with Crippen molar-refractivity contribution in [2.75, 3.05) is 24.6 Å². The maximum Gasteiger partial charge on any atom is 0.220 e. The van der Waals surface area contributed by atoms with Crippen LogP contribution in [-0.4, -0.2) is 56.7 Å². The van der Waals surface area contributed by atoms with E-state index in [1.165, 1.54) is 0 Å². The van der Waals surface area contributed by atoms with Crippen LogP contribution < -0.4 is 21.7 Å². The van der Waals surface area contributed by atoms with Gasteiger partial charge in [-0.05, 0) is 25.8 Å². The Labute approximate surface area is 215 Å². The molecule has 4 heterocycles. The van der Waals surface area contributed by atoms with Crippen LogP contribution in [0.1, 0.15) is 38.4 Å². The van der Waals surface area contributed by atoms with Crippen molar-refractivity contribution in [3.05, 3.63) is 42.5 Å². The predicted molar refractivity (Wildman–Crippen MR) is 145 cm³/mol. The van der Waals surface area contributed by atoms with Crippen molar-refractivity contribution < 1.29 is 9.53 Å². The highest BCUT2D eigenvalue weighted by Gasteiger charge is 2.40. The zero-order valence-corrected chi connectivity index (χ0v) is 21.6. The van der Waals surface area contributed by atoms with Crippen LogP contribution in [0.4, 0.5) is 5.82 Å². The van der Waals surface area contributed by atoms with Gasteiger partial charge in [0.25, 0.3) is 0 Å². The van der Waals surface area contributed by atoms with E-state index in [2.05, 4.69) is 32.1 Å². The van der Waals surface area contributed by atoms with Crippen molar-refractivity contribution in [2.45, 2.75) is 63.1 Å². The molecule has 36 heavy (non-hydrogen) atoms. The fourth-order valence-electron chi connectivity index (χ4n) is 5.22. The lowest BCUT2D eigenvalue weighted by atomic mass is 10.0. The Hall–Kier alpha value is -2.98. The third-order valence-electron chi connectivity index (χ3n) is 6.95. The van der Waals surface area contributed by atoms with E-state index in [0.29, 0.717) is 61.4 Å². The van der Waals surface area contributed by atoms with Crippen molar-refractivity contribution in [1.29, 1.82) is 0 Å². The summed E-state index contributed by atoms with van der Waals surface area (Å²) in [7, 11) is 0. The van der Waals surface area contributed by atoms with Gasteiger partial charge in [0, 0.05) is 42.5 Å². The van der Waals surface area contributed by atoms with Crippen molar-refractivity contribution in [2.24, 2.45) is 0 Å². The van der Waals surface area contributed by atoms with Crippen LogP contribution in [0.25, 0.3) is 21.9 Å². The van der Waals surface area contributed by atoms with Gasteiger partial charge in [0.05, 0.1) is 28.9 Å². The first-order valence-electron chi connectivity index (χ1n) is 12.8. The molecule has 0 saturated carbocycles. The molecule has 2 aliphatic rings. The number of unbranched alkanes of at least 4 members (excludes halogenated alkanes) is 1. The summed E-state index contributed by atoms with van der Waals surface area (Å²) < 4.78 is 7.77. The molecule has 2 aromatic heterocycles. The number of hydrogen-bond acceptors (Lipinski definition) is 8. The Bertz CT molecular complexity index is 1260. The molecule has 5 N–H and O–H groups in total. The molecule has 0 radical (unpaired) electrons. The van der Waals surface area contributed by atoms with E-state index < -0.39 is 0 Å². The Morgan fingerprint density at radius 3 is 3.03 bits per heavy atom. The van der Waals surface area contributed by atoms with E-state index in [1.807, 2.05) is 43.0 Å². The van der Waals surface area contributed by atoms with Gasteiger partial charge in [0.15, 0.2) is 5.82 Å². The minimum atomic E-state index is 0.0859. The molecule has 1 amide bonds. The summed E-state index contributed by atoms with van der Waals surface area (Å²) in [5.41, 5.74) is 8.69. The molecule has 0 bridgehead atoms. The normalized spacial score (nSPS) is 21.0. The minimum absolute atomic E-state index is 0.0859. The molecule has 2 saturated heterocycles. The summed E-state index contributed by atoms with van der Waals surface area (Å²) in [6, 6.07) is 8.87. The number of imidazole rings is 1. The topological polar surface area (TPSA) is 119 Å². The molecule has 192 valence electrons. The van der Waals surface area contributed by atoms with E-state index in [0.717, 1.165) is 53.1 Å². The molecule has 3 aromatic rings. The predicted octanol–water partition coefficient (Wildman–Crippen LogP) is 2.90. The van der Waals surface area contributed by atoms with Gasteiger partial charge in [-0.25, -0.2) is 9.97 Å². The summed E-state index contributed by atoms with van der Waals surface area (Å²) in [6.07, 6.45) is 3.60. The number of anilines is 1. The zero-order valence-electron chi connectivity index (χ0n) is 20.8. The van der Waals surface area contributed by atoms with Crippen molar-refractivity contribution in [3.8, 4) is 0 Å². The Morgan fingerprint density at radius 2 is 2.17 bits per heavy atom. The fourth-order valence-corrected chi connectivity index (χ4v) is 6.77. The van der Waals surface area contributed by atoms with Crippen LogP contribution in [0.3, 0.4) is 0 Å². The number of pyridine rings is 1. The number of hydrogen-bond donors (Lipinski definition) is 4. The molecule has 0 spiro atoms. The largest absolute Gasteiger partial charge is 0.382 e. The first-order valence-corrected chi connectivity index (χ1v) is 13.8. The fraction of sp³-hybridized carbons (Fsp3) is 0.500. The number of benzene rings is 1. The van der Waals surface area contributed by atoms with E-state index in [4.69, 9.17) is 15.5 Å². The highest BCUT2D eigenvalue weighted by atomic mass is 32.2. The highest BCUT2D eigenvalue weighted by Crippen LogP contribution is 2.34. The smallest absolute Gasteiger partial charge is 0.220 e. The van der Waals surface area contributed by atoms with Crippen molar-refractivity contribution >= 4 is 45.4 Å². The van der Waals surface area contributed by atoms with Crippen LogP contribution in [0, 0.1) is 0 Å². The molecule has 0 aliphatic carbocycles. The SMILES string of the molecule is C=C1NC2CSC(CCCCC(=O)NCCn3c(COCC)nc4c(N)nc5ccccc5c43)C2N1. The van der Waals surface area contributed by atoms with Crippen LogP contribution >= 0.6 is 11.8 Å². The number of para-hydroxylation sites is 1. The monoisotopic (exact) mass is 509 g/mol. The number of ether oxygens (including phenoxy) is 1. The van der Waals surface area contributed by atoms with Gasteiger partial charge in [-0.1, -0.05) is 31.2 Å². The summed E-state index contributed by atoms with van der Waals surface area (Å²) in [5.74, 6) is 3.34. The van der Waals surface area contributed by atoms with Crippen LogP contribution in [-0.2, 0) is 22.7 Å². The maximum absolute atomic E-state index is 12.6. The van der Waals surface area contributed by atoms with E-state index in [9.17, 15) is 4.79 Å². The number of nitrogen functional groups attached to an aromatic ring is 1. The van der Waals surface area contributed by atoms with Crippen molar-refractivity contribution in [1.82, 2.24) is 30.5 Å². The molecule has 10 heteroatoms. The number of amides is 1. The standard InChI is InChI=1S/C26H35N7O2S/c1-3-35-14-21-32-24-25(17-8-4-5-9-18(17)31-26(24)27)33(21)13-12-28-22(34)11-7-6-10-20-23-19(15-36-20)29-16(2)30-23/h4-5,8-9,19-20,23,29-30H,2-3,6-7,10-15H2,1H3,(H2,27,31)(H,28,34). The van der Waals surface area contributed by atoms with Gasteiger partial charge < -0.3 is 31.0 Å². The molecular weight excluding hydrogens is 474 g/mol. The van der Waals surface area contributed by atoms with Gasteiger partial charge in [-0.15, -0.1) is 0 Å². The van der Waals surface area contributed by atoms with Crippen LogP contribution in [0.15, 0.2) is 36.7 Å². The Kier molecular flexibility index (Phi) is 7.52. The Balaban J connectivity index is 1.17. The maximum atomic E-state index is 12.6. The summed E-state index contributed by atoms with van der Waals surface area (Å²) in [4.78, 5) is 21.8. The average molecular weight is 510 g/mol. The molecule has 9 nitrogen and oxygen atoms in total. The molecule has 3 unspecified atom stereocenters. The van der Waals surface area contributed by atoms with Gasteiger partial charge in [-0.3, -0.25) is 4.79 Å². The zero-order chi connectivity index (χ0) is 25.1. The molecule has 3 atom stereocenters. The molecular formula is C26H35N7O2S. The van der Waals surface area contributed by atoms with E-state index in [-0.39, 0.29) is 5.91 Å². The second kappa shape index (κ2) is 11.0. The summed E-state index contributed by atoms with van der Waals surface area (Å²) >= 11 is 2.02. The first-order chi connectivity index (χ1) is 17.5. The van der Waals surface area contributed by atoms with Crippen molar-refractivity contribution in [3.63, 3.8) is 0 Å². The van der Waals surface area contributed by atoms with Crippen LogP contribution in [0.2, 0.25) is 0 Å². The van der Waals surface area contributed by atoms with Gasteiger partial charge in [0.1, 0.15) is 17.9 Å². The number of rotatable bonds is 11. The first kappa shape index (κ1) is 24.7. The molecule has 2 aliphatic heterocycles. The Morgan fingerprint density at radius 1 is 1.31 bits per heavy atom. The lowest BCUT2D eigenvalue weighted by Gasteiger charge is -2.17. The number of nitrogens with two attached hydrogens (primary N) is 1. The van der Waals surface area contributed by atoms with Gasteiger partial charge in [0.2, 0.25) is 5.91 Å². The number of thioether (sulfide) groups is 1. The van der Waals surface area contributed by atoms with E-state index >= 15 is 0 Å². The number of nitrogens with zero attached hydrogens (tertiary/aromatic N) is 3. The van der Waals surface area contributed by atoms with Gasteiger partial charge >= 0.3 is 0 Å². The quantitative estimate of drug-likeness (QED) is 0.291. The third-order valence-corrected chi connectivity index (χ3v) is 8.46. The second-order valence-electron chi connectivity index (χ2n) is 9.40. The lowest BCUT2D eigenvalue weighted by Crippen LogP contribution is -2.36. The highest BCUT2D eigenvalue weighted by molar-refractivity contribution is 8.00. The van der Waals surface area contributed by atoms with E-state index in [1.54, 1.807) is 0 Å². The lowest BCUT2D eigenvalue weighted by molar-refractivity contribution is -0.121. The van der Waals surface area contributed by atoms with Gasteiger partial charge in [-0.2, -0.15) is 11.8 Å². The summed E-state index contributed by atoms with van der Waals surface area (Å²) in [6.45, 7) is 8.02. The average Bonchev–Trinajstić information content (AvgIpc) is 3.54. The number of carbonyl (C=O) groups is 1. The second-order valence-corrected chi connectivity index (χ2v) is 10.7. The molecule has 2 fully saturated rings. The summed E-state index contributed by atoms with van der Waals surface area (Å²) in [5, 5.41) is 11.5. The molecule has 1 aromatic carbocycles. The minimum Gasteiger partial charge on any atom is -0.382 e. The number of fused-ring (bicyclic) bond motifs is 4. The number of carbonyl (C=O) groups excluding carboxylic acids is 1. The number of nitrogens with one attached hydrogen (secondary N) is 3. The number of aromatic nitrogens is 3. The molecule has 5 rings (SSSR count).